The summed E-state index contributed by atoms with van der Waals surface area (Å²) in [4.78, 5) is 4.54. The van der Waals surface area contributed by atoms with E-state index in [0.717, 1.165) is 5.56 Å². The molecule has 1 aromatic heterocycles. The molecule has 5 rings (SSSR count). The number of hydrogen-bond acceptors (Lipinski definition) is 7. The molecule has 2 N–H and O–H groups in total. The molecule has 40 heavy (non-hydrogen) atoms. The zero-order chi connectivity index (χ0) is 28.2. The van der Waals surface area contributed by atoms with Crippen LogP contribution in [0, 0.1) is 17.7 Å². The number of ether oxygens (including phenoxy) is 3. The Morgan fingerprint density at radius 3 is 2.42 bits per heavy atom. The number of benzene rings is 3. The van der Waals surface area contributed by atoms with E-state index >= 15 is 0 Å². The summed E-state index contributed by atoms with van der Waals surface area (Å²) in [6, 6.07) is 19.9. The van der Waals surface area contributed by atoms with Gasteiger partial charge in [-0.1, -0.05) is 36.3 Å². The molecule has 1 aliphatic heterocycles. The molecule has 0 amide bonds. The molecule has 0 spiro atoms. The number of aromatic nitrogens is 1. The Morgan fingerprint density at radius 2 is 1.75 bits per heavy atom. The summed E-state index contributed by atoms with van der Waals surface area (Å²) in [6.45, 7) is 1.03. The first-order valence-electron chi connectivity index (χ1n) is 12.5. The smallest absolute Gasteiger partial charge is 0.274 e. The topological polar surface area (TPSA) is 114 Å². The van der Waals surface area contributed by atoms with Crippen molar-refractivity contribution >= 4 is 10.0 Å². The first-order chi connectivity index (χ1) is 19.3. The average Bonchev–Trinajstić information content (AvgIpc) is 3.40. The normalized spacial score (nSPS) is 14.8. The van der Waals surface area contributed by atoms with Gasteiger partial charge < -0.3 is 18.6 Å². The number of sulfonamides is 1. The third-order valence-corrected chi connectivity index (χ3v) is 7.64. The van der Waals surface area contributed by atoms with Crippen LogP contribution in [0.4, 0.5) is 4.39 Å². The van der Waals surface area contributed by atoms with Crippen LogP contribution in [0.5, 0.6) is 5.75 Å². The highest BCUT2D eigenvalue weighted by Gasteiger charge is 2.35. The summed E-state index contributed by atoms with van der Waals surface area (Å²) >= 11 is 0. The lowest BCUT2D eigenvalue weighted by Crippen LogP contribution is -2.35. The van der Waals surface area contributed by atoms with Gasteiger partial charge in [0, 0.05) is 50.4 Å². The van der Waals surface area contributed by atoms with Gasteiger partial charge >= 0.3 is 0 Å². The predicted octanol–water partition coefficient (Wildman–Crippen LogP) is 4.88. The Hall–Kier alpha value is -4.01. The van der Waals surface area contributed by atoms with E-state index in [2.05, 4.69) is 16.8 Å². The number of oxazole rings is 1. The van der Waals surface area contributed by atoms with Gasteiger partial charge in [-0.05, 0) is 47.9 Å². The van der Waals surface area contributed by atoms with Crippen molar-refractivity contribution in [2.24, 2.45) is 5.14 Å². The van der Waals surface area contributed by atoms with Gasteiger partial charge in [0.2, 0.25) is 10.0 Å². The molecule has 206 valence electrons. The minimum absolute atomic E-state index is 0.0112. The standard InChI is InChI=1S/C30H27FN2O6S/c1-36-30(13-16-37-17-14-30)23-18-24(31)20-25(19-23)38-15-5-8-27-33-28(21-6-3-2-4-7-21)29(39-27)22-9-11-26(12-10-22)40(32,34)35/h2-4,6-7,9-12,18-20H,13-17H2,1H3,(H2,32,34,35). The summed E-state index contributed by atoms with van der Waals surface area (Å²) in [6.07, 6.45) is 1.24. The summed E-state index contributed by atoms with van der Waals surface area (Å²) in [5, 5.41) is 5.22. The fourth-order valence-electron chi connectivity index (χ4n) is 4.61. The largest absolute Gasteiger partial charge is 0.481 e. The number of halogens is 1. The van der Waals surface area contributed by atoms with Crippen molar-refractivity contribution in [1.82, 2.24) is 4.98 Å². The van der Waals surface area contributed by atoms with Gasteiger partial charge in [0.15, 0.2) is 5.76 Å². The van der Waals surface area contributed by atoms with Crippen LogP contribution in [0.25, 0.3) is 22.6 Å². The van der Waals surface area contributed by atoms with Crippen molar-refractivity contribution in [3.05, 3.63) is 90.1 Å². The van der Waals surface area contributed by atoms with Crippen molar-refractivity contribution in [2.45, 2.75) is 23.3 Å². The first kappa shape index (κ1) is 27.6. The van der Waals surface area contributed by atoms with Gasteiger partial charge in [0.1, 0.15) is 23.9 Å². The molecule has 0 bridgehead atoms. The monoisotopic (exact) mass is 562 g/mol. The quantitative estimate of drug-likeness (QED) is 0.320. The Bertz CT molecular complexity index is 1650. The number of nitrogens with two attached hydrogens (primary N) is 1. The van der Waals surface area contributed by atoms with Gasteiger partial charge in [0.25, 0.3) is 5.89 Å². The number of nitrogens with zero attached hydrogens (tertiary/aromatic N) is 1. The maximum atomic E-state index is 14.5. The second kappa shape index (κ2) is 11.6. The van der Waals surface area contributed by atoms with Crippen molar-refractivity contribution in [1.29, 1.82) is 0 Å². The molecule has 0 radical (unpaired) electrons. The highest BCUT2D eigenvalue weighted by molar-refractivity contribution is 7.89. The second-order valence-corrected chi connectivity index (χ2v) is 10.8. The lowest BCUT2D eigenvalue weighted by molar-refractivity contribution is -0.0950. The van der Waals surface area contributed by atoms with Crippen LogP contribution in [0.2, 0.25) is 0 Å². The molecule has 4 aromatic rings. The van der Waals surface area contributed by atoms with Gasteiger partial charge in [-0.2, -0.15) is 0 Å². The molecule has 0 atom stereocenters. The maximum absolute atomic E-state index is 14.5. The van der Waals surface area contributed by atoms with E-state index in [1.807, 2.05) is 30.3 Å². The van der Waals surface area contributed by atoms with Crippen molar-refractivity contribution in [3.8, 4) is 40.2 Å². The molecule has 2 heterocycles. The number of primary sulfonamides is 1. The lowest BCUT2D eigenvalue weighted by Gasteiger charge is -2.36. The van der Waals surface area contributed by atoms with E-state index in [9.17, 15) is 12.8 Å². The Kier molecular flexibility index (Phi) is 8.00. The molecule has 0 aliphatic carbocycles. The number of methoxy groups -OCH3 is 1. The molecule has 1 aliphatic rings. The fraction of sp³-hybridized carbons (Fsp3) is 0.233. The lowest BCUT2D eigenvalue weighted by atomic mass is 9.86. The van der Waals surface area contributed by atoms with Crippen molar-refractivity contribution in [2.75, 3.05) is 26.9 Å². The highest BCUT2D eigenvalue weighted by Crippen LogP contribution is 2.37. The molecule has 8 nitrogen and oxygen atoms in total. The van der Waals surface area contributed by atoms with Gasteiger partial charge in [0.05, 0.1) is 10.5 Å². The molecule has 10 heteroatoms. The Morgan fingerprint density at radius 1 is 1.02 bits per heavy atom. The van der Waals surface area contributed by atoms with Crippen LogP contribution in [0.1, 0.15) is 24.3 Å². The van der Waals surface area contributed by atoms with Gasteiger partial charge in [-0.25, -0.2) is 22.9 Å². The maximum Gasteiger partial charge on any atom is 0.274 e. The Labute approximate surface area is 232 Å². The molecular weight excluding hydrogens is 535 g/mol. The van der Waals surface area contributed by atoms with E-state index < -0.39 is 21.4 Å². The highest BCUT2D eigenvalue weighted by atomic mass is 32.2. The van der Waals surface area contributed by atoms with Crippen molar-refractivity contribution in [3.63, 3.8) is 0 Å². The van der Waals surface area contributed by atoms with E-state index in [1.54, 1.807) is 25.3 Å². The van der Waals surface area contributed by atoms with E-state index in [0.29, 0.717) is 54.4 Å². The number of rotatable bonds is 7. The minimum atomic E-state index is -3.83. The van der Waals surface area contributed by atoms with Crippen LogP contribution < -0.4 is 9.88 Å². The third-order valence-electron chi connectivity index (χ3n) is 6.71. The van der Waals surface area contributed by atoms with E-state index in [-0.39, 0.29) is 17.4 Å². The molecular formula is C30H27FN2O6S. The summed E-state index contributed by atoms with van der Waals surface area (Å²) < 4.78 is 60.7. The average molecular weight is 563 g/mol. The summed E-state index contributed by atoms with van der Waals surface area (Å²) in [7, 11) is -2.22. The SMILES string of the molecule is COC1(c2cc(F)cc(OCC#Cc3nc(-c4ccccc4)c(-c4ccc(S(N)(=O)=O)cc4)o3)c2)CCOCC1. The predicted molar refractivity (Wildman–Crippen MR) is 146 cm³/mol. The van der Waals surface area contributed by atoms with Gasteiger partial charge in [-0.15, -0.1) is 0 Å². The third kappa shape index (κ3) is 6.08. The summed E-state index contributed by atoms with van der Waals surface area (Å²) in [5.74, 6) is 6.20. The minimum Gasteiger partial charge on any atom is -0.481 e. The van der Waals surface area contributed by atoms with Crippen LogP contribution in [0.3, 0.4) is 0 Å². The molecule has 1 fully saturated rings. The first-order valence-corrected chi connectivity index (χ1v) is 14.1. The Balaban J connectivity index is 1.38. The number of hydrogen-bond donors (Lipinski definition) is 1. The summed E-state index contributed by atoms with van der Waals surface area (Å²) in [5.41, 5.74) is 2.02. The molecule has 0 saturated carbocycles. The van der Waals surface area contributed by atoms with Crippen molar-refractivity contribution < 1.29 is 31.4 Å². The van der Waals surface area contributed by atoms with Crippen LogP contribution in [-0.2, 0) is 25.1 Å². The zero-order valence-electron chi connectivity index (χ0n) is 21.7. The van der Waals surface area contributed by atoms with Crippen LogP contribution in [0.15, 0.2) is 82.1 Å². The van der Waals surface area contributed by atoms with Gasteiger partial charge in [-0.3, -0.25) is 0 Å². The van der Waals surface area contributed by atoms with E-state index in [4.69, 9.17) is 23.8 Å². The molecule has 0 unspecified atom stereocenters. The second-order valence-electron chi connectivity index (χ2n) is 9.21. The molecule has 3 aromatic carbocycles. The fourth-order valence-corrected chi connectivity index (χ4v) is 5.12. The molecule has 1 saturated heterocycles. The van der Waals surface area contributed by atoms with Crippen LogP contribution >= 0.6 is 0 Å². The zero-order valence-corrected chi connectivity index (χ0v) is 22.5. The van der Waals surface area contributed by atoms with Crippen LogP contribution in [-0.4, -0.2) is 40.3 Å². The van der Waals surface area contributed by atoms with E-state index in [1.165, 1.54) is 24.3 Å².